The van der Waals surface area contributed by atoms with E-state index in [1.807, 2.05) is 20.8 Å². The maximum atomic E-state index is 13.2. The van der Waals surface area contributed by atoms with Crippen LogP contribution < -0.4 is 0 Å². The standard InChI is InChI=1S/C11H22F2O/c1-9(2)14-8-11(12,13)7-6-10(3,4)5/h9H,6-8H2,1-5H3. The SMILES string of the molecule is CC(C)OCC(F)(F)CCC(C)(C)C. The van der Waals surface area contributed by atoms with Gasteiger partial charge in [-0.25, -0.2) is 8.78 Å². The average Bonchev–Trinajstić information content (AvgIpc) is 1.97. The van der Waals surface area contributed by atoms with E-state index < -0.39 is 12.5 Å². The monoisotopic (exact) mass is 208 g/mol. The molecule has 0 N–H and O–H groups in total. The fourth-order valence-corrected chi connectivity index (χ4v) is 0.919. The summed E-state index contributed by atoms with van der Waals surface area (Å²) in [6.45, 7) is 8.96. The molecule has 0 aliphatic heterocycles. The van der Waals surface area contributed by atoms with E-state index in [1.54, 1.807) is 13.8 Å². The topological polar surface area (TPSA) is 9.23 Å². The summed E-state index contributed by atoms with van der Waals surface area (Å²) in [5, 5.41) is 0. The Bertz CT molecular complexity index is 159. The third-order valence-corrected chi connectivity index (χ3v) is 1.87. The van der Waals surface area contributed by atoms with Crippen molar-refractivity contribution in [3.63, 3.8) is 0 Å². The molecular formula is C11H22F2O. The van der Waals surface area contributed by atoms with Gasteiger partial charge < -0.3 is 4.74 Å². The minimum atomic E-state index is -2.68. The predicted octanol–water partition coefficient (Wildman–Crippen LogP) is 3.87. The van der Waals surface area contributed by atoms with Crippen molar-refractivity contribution in [2.75, 3.05) is 6.61 Å². The second kappa shape index (κ2) is 5.06. The van der Waals surface area contributed by atoms with E-state index in [1.165, 1.54) is 0 Å². The van der Waals surface area contributed by atoms with Crippen LogP contribution in [0.2, 0.25) is 0 Å². The van der Waals surface area contributed by atoms with Crippen molar-refractivity contribution >= 4 is 0 Å². The van der Waals surface area contributed by atoms with Crippen molar-refractivity contribution in [3.8, 4) is 0 Å². The third kappa shape index (κ3) is 8.42. The van der Waals surface area contributed by atoms with Gasteiger partial charge in [-0.1, -0.05) is 20.8 Å². The molecule has 3 heteroatoms. The van der Waals surface area contributed by atoms with Gasteiger partial charge in [-0.05, 0) is 25.7 Å². The summed E-state index contributed by atoms with van der Waals surface area (Å²) in [6, 6.07) is 0. The molecule has 0 rings (SSSR count). The lowest BCUT2D eigenvalue weighted by Crippen LogP contribution is -2.27. The zero-order valence-electron chi connectivity index (χ0n) is 9.86. The molecule has 0 unspecified atom stereocenters. The molecular weight excluding hydrogens is 186 g/mol. The molecule has 0 aliphatic rings. The van der Waals surface area contributed by atoms with E-state index in [0.29, 0.717) is 6.42 Å². The molecule has 0 amide bonds. The van der Waals surface area contributed by atoms with Gasteiger partial charge in [-0.2, -0.15) is 0 Å². The fraction of sp³-hybridized carbons (Fsp3) is 1.00. The molecule has 0 saturated carbocycles. The Balaban J connectivity index is 3.83. The van der Waals surface area contributed by atoms with Gasteiger partial charge in [0.15, 0.2) is 0 Å². The van der Waals surface area contributed by atoms with Crippen molar-refractivity contribution in [2.24, 2.45) is 5.41 Å². The normalized spacial score (nSPS) is 13.7. The van der Waals surface area contributed by atoms with Crippen LogP contribution in [0.25, 0.3) is 0 Å². The highest BCUT2D eigenvalue weighted by Crippen LogP contribution is 2.29. The lowest BCUT2D eigenvalue weighted by Gasteiger charge is -2.23. The van der Waals surface area contributed by atoms with Crippen LogP contribution in [-0.2, 0) is 4.74 Å². The molecule has 14 heavy (non-hydrogen) atoms. The Kier molecular flexibility index (Phi) is 4.99. The average molecular weight is 208 g/mol. The number of hydrogen-bond acceptors (Lipinski definition) is 1. The van der Waals surface area contributed by atoms with E-state index in [-0.39, 0.29) is 17.9 Å². The molecule has 0 aromatic carbocycles. The van der Waals surface area contributed by atoms with E-state index in [9.17, 15) is 8.78 Å². The van der Waals surface area contributed by atoms with Gasteiger partial charge in [-0.15, -0.1) is 0 Å². The quantitative estimate of drug-likeness (QED) is 0.666. The Hall–Kier alpha value is -0.180. The third-order valence-electron chi connectivity index (χ3n) is 1.87. The predicted molar refractivity (Wildman–Crippen MR) is 54.7 cm³/mol. The molecule has 86 valence electrons. The highest BCUT2D eigenvalue weighted by atomic mass is 19.3. The molecule has 0 aromatic heterocycles. The number of ether oxygens (including phenoxy) is 1. The fourth-order valence-electron chi connectivity index (χ4n) is 0.919. The molecule has 0 radical (unpaired) electrons. The highest BCUT2D eigenvalue weighted by Gasteiger charge is 2.31. The van der Waals surface area contributed by atoms with Crippen molar-refractivity contribution in [3.05, 3.63) is 0 Å². The van der Waals surface area contributed by atoms with Gasteiger partial charge in [0.1, 0.15) is 6.61 Å². The first-order valence-electron chi connectivity index (χ1n) is 5.12. The van der Waals surface area contributed by atoms with Crippen LogP contribution in [0.5, 0.6) is 0 Å². The van der Waals surface area contributed by atoms with E-state index in [4.69, 9.17) is 4.74 Å². The summed E-state index contributed by atoms with van der Waals surface area (Å²) in [4.78, 5) is 0. The summed E-state index contributed by atoms with van der Waals surface area (Å²) in [7, 11) is 0. The summed E-state index contributed by atoms with van der Waals surface area (Å²) < 4.78 is 31.3. The van der Waals surface area contributed by atoms with Crippen LogP contribution in [0.3, 0.4) is 0 Å². The van der Waals surface area contributed by atoms with Crippen molar-refractivity contribution in [1.82, 2.24) is 0 Å². The maximum Gasteiger partial charge on any atom is 0.271 e. The number of hydrogen-bond donors (Lipinski definition) is 0. The lowest BCUT2D eigenvalue weighted by molar-refractivity contribution is -0.101. The lowest BCUT2D eigenvalue weighted by atomic mass is 9.89. The van der Waals surface area contributed by atoms with Gasteiger partial charge >= 0.3 is 0 Å². The zero-order valence-corrected chi connectivity index (χ0v) is 9.86. The summed E-state index contributed by atoms with van der Waals surface area (Å²) in [5.74, 6) is -2.68. The first-order chi connectivity index (χ1) is 6.12. The van der Waals surface area contributed by atoms with Crippen molar-refractivity contribution < 1.29 is 13.5 Å². The summed E-state index contributed by atoms with van der Waals surface area (Å²) in [6.07, 6.45) is 0.292. The van der Waals surface area contributed by atoms with E-state index >= 15 is 0 Å². The molecule has 0 spiro atoms. The molecule has 0 aliphatic carbocycles. The first-order valence-corrected chi connectivity index (χ1v) is 5.12. The number of rotatable bonds is 5. The van der Waals surface area contributed by atoms with Crippen LogP contribution in [0.15, 0.2) is 0 Å². The molecule has 0 heterocycles. The van der Waals surface area contributed by atoms with Gasteiger partial charge in [0, 0.05) is 6.42 Å². The van der Waals surface area contributed by atoms with Crippen molar-refractivity contribution in [1.29, 1.82) is 0 Å². The van der Waals surface area contributed by atoms with Crippen LogP contribution in [0.4, 0.5) is 8.78 Å². The molecule has 0 aromatic rings. The zero-order chi connectivity index (χ0) is 11.4. The molecule has 0 atom stereocenters. The first kappa shape index (κ1) is 13.8. The Morgan fingerprint density at radius 3 is 1.93 bits per heavy atom. The van der Waals surface area contributed by atoms with Crippen LogP contribution in [-0.4, -0.2) is 18.6 Å². The molecule has 1 nitrogen and oxygen atoms in total. The Morgan fingerprint density at radius 1 is 1.07 bits per heavy atom. The minimum absolute atomic E-state index is 0.0404. The van der Waals surface area contributed by atoms with E-state index in [2.05, 4.69) is 0 Å². The largest absolute Gasteiger partial charge is 0.373 e. The van der Waals surface area contributed by atoms with Gasteiger partial charge in [0.05, 0.1) is 6.10 Å². The molecule has 0 saturated heterocycles. The maximum absolute atomic E-state index is 13.2. The van der Waals surface area contributed by atoms with Gasteiger partial charge in [0.2, 0.25) is 0 Å². The van der Waals surface area contributed by atoms with Crippen molar-refractivity contribution in [2.45, 2.75) is 59.5 Å². The Labute approximate surface area is 85.8 Å². The van der Waals surface area contributed by atoms with Crippen LogP contribution in [0.1, 0.15) is 47.5 Å². The highest BCUT2D eigenvalue weighted by molar-refractivity contribution is 4.71. The van der Waals surface area contributed by atoms with Crippen LogP contribution in [0, 0.1) is 5.41 Å². The molecule has 0 bridgehead atoms. The molecule has 0 fully saturated rings. The van der Waals surface area contributed by atoms with Gasteiger partial charge in [0.25, 0.3) is 5.92 Å². The van der Waals surface area contributed by atoms with Gasteiger partial charge in [-0.3, -0.25) is 0 Å². The second-order valence-electron chi connectivity index (χ2n) is 5.28. The van der Waals surface area contributed by atoms with Crippen LogP contribution >= 0.6 is 0 Å². The number of halogens is 2. The smallest absolute Gasteiger partial charge is 0.271 e. The van der Waals surface area contributed by atoms with E-state index in [0.717, 1.165) is 0 Å². The second-order valence-corrected chi connectivity index (χ2v) is 5.28. The summed E-state index contributed by atoms with van der Waals surface area (Å²) >= 11 is 0. The summed E-state index contributed by atoms with van der Waals surface area (Å²) in [5.41, 5.74) is -0.0404. The minimum Gasteiger partial charge on any atom is -0.373 e. The number of alkyl halides is 2. The Morgan fingerprint density at radius 2 is 1.57 bits per heavy atom.